The highest BCUT2D eigenvalue weighted by molar-refractivity contribution is 7.89. The van der Waals surface area contributed by atoms with Crippen molar-refractivity contribution in [2.45, 2.75) is 6.92 Å². The number of nitrogens with two attached hydrogens (primary N) is 1. The smallest absolute Gasteiger partial charge is 0.231 e. The van der Waals surface area contributed by atoms with Crippen LogP contribution in [0.2, 0.25) is 0 Å². The minimum atomic E-state index is -3.47. The summed E-state index contributed by atoms with van der Waals surface area (Å²) < 4.78 is 28.8. The fraction of sp³-hybridized carbons (Fsp3) is 0.400. The van der Waals surface area contributed by atoms with Crippen molar-refractivity contribution >= 4 is 15.7 Å². The van der Waals surface area contributed by atoms with Crippen molar-refractivity contribution < 1.29 is 13.2 Å². The topological polar surface area (TPSA) is 99.6 Å². The highest BCUT2D eigenvalue weighted by Gasteiger charge is 2.12. The van der Waals surface area contributed by atoms with Crippen LogP contribution in [-0.4, -0.2) is 35.4 Å². The van der Waals surface area contributed by atoms with Crippen molar-refractivity contribution in [1.29, 1.82) is 0 Å². The number of rotatable bonds is 5. The zero-order valence-electron chi connectivity index (χ0n) is 9.85. The third-order valence-corrected chi connectivity index (χ3v) is 3.30. The molecule has 8 heteroatoms. The number of hydrogen-bond donors (Lipinski definition) is 1. The van der Waals surface area contributed by atoms with Gasteiger partial charge in [0.05, 0.1) is 12.4 Å². The van der Waals surface area contributed by atoms with Gasteiger partial charge >= 0.3 is 0 Å². The van der Waals surface area contributed by atoms with Crippen LogP contribution in [0.4, 0.5) is 0 Å². The predicted molar refractivity (Wildman–Crippen MR) is 65.6 cm³/mol. The summed E-state index contributed by atoms with van der Waals surface area (Å²) in [5.74, 6) is 0.113. The summed E-state index contributed by atoms with van der Waals surface area (Å²) in [4.78, 5) is 4.05. The third-order valence-electron chi connectivity index (χ3n) is 2.26. The molecule has 0 aliphatic heterocycles. The first-order valence-corrected chi connectivity index (χ1v) is 7.09. The summed E-state index contributed by atoms with van der Waals surface area (Å²) in [5, 5.41) is 9.11. The molecule has 98 valence electrons. The molecular formula is C10H14N4O3S. The van der Waals surface area contributed by atoms with E-state index < -0.39 is 10.0 Å². The van der Waals surface area contributed by atoms with Gasteiger partial charge in [-0.3, -0.25) is 0 Å². The highest BCUT2D eigenvalue weighted by atomic mass is 32.2. The molecule has 0 aliphatic carbocycles. The molecular weight excluding hydrogens is 256 g/mol. The van der Waals surface area contributed by atoms with Crippen LogP contribution < -0.4 is 9.88 Å². The van der Waals surface area contributed by atoms with Crippen molar-refractivity contribution in [3.63, 3.8) is 0 Å². The van der Waals surface area contributed by atoms with Gasteiger partial charge in [0.2, 0.25) is 15.9 Å². The number of hydrogen-bond acceptors (Lipinski definition) is 5. The number of imidazole rings is 1. The molecule has 2 N–H and O–H groups in total. The van der Waals surface area contributed by atoms with Gasteiger partial charge in [-0.05, 0) is 6.07 Å². The molecule has 0 saturated heterocycles. The molecule has 1 atom stereocenters. The van der Waals surface area contributed by atoms with Gasteiger partial charge in [-0.25, -0.2) is 23.1 Å². The quantitative estimate of drug-likeness (QED) is 0.826. The zero-order valence-corrected chi connectivity index (χ0v) is 10.7. The molecule has 2 aromatic rings. The Morgan fingerprint density at radius 1 is 1.50 bits per heavy atom. The minimum absolute atomic E-state index is 0.111. The van der Waals surface area contributed by atoms with E-state index in [2.05, 4.69) is 10.1 Å². The van der Waals surface area contributed by atoms with Gasteiger partial charge < -0.3 is 4.74 Å². The van der Waals surface area contributed by atoms with Crippen LogP contribution in [-0.2, 0) is 10.0 Å². The molecule has 0 spiro atoms. The minimum Gasteiger partial charge on any atom is -0.476 e. The van der Waals surface area contributed by atoms with Crippen molar-refractivity contribution in [3.8, 4) is 5.88 Å². The van der Waals surface area contributed by atoms with E-state index in [1.165, 1.54) is 0 Å². The lowest BCUT2D eigenvalue weighted by molar-refractivity contribution is 0.258. The lowest BCUT2D eigenvalue weighted by Gasteiger charge is -2.11. The molecule has 2 rings (SSSR count). The maximum Gasteiger partial charge on any atom is 0.231 e. The highest BCUT2D eigenvalue weighted by Crippen LogP contribution is 2.09. The van der Waals surface area contributed by atoms with Crippen molar-refractivity contribution in [3.05, 3.63) is 24.5 Å². The van der Waals surface area contributed by atoms with Crippen LogP contribution in [0.3, 0.4) is 0 Å². The first kappa shape index (κ1) is 12.8. The Morgan fingerprint density at radius 3 is 3.00 bits per heavy atom. The average Bonchev–Trinajstić information content (AvgIpc) is 2.71. The second-order valence-electron chi connectivity index (χ2n) is 4.15. The number of sulfonamides is 1. The molecule has 0 amide bonds. The number of primary sulfonamides is 1. The van der Waals surface area contributed by atoms with Crippen LogP contribution in [0.5, 0.6) is 5.88 Å². The number of aromatic nitrogens is 3. The van der Waals surface area contributed by atoms with E-state index in [0.717, 1.165) is 5.65 Å². The molecule has 2 heterocycles. The van der Waals surface area contributed by atoms with Crippen molar-refractivity contribution in [1.82, 2.24) is 14.6 Å². The van der Waals surface area contributed by atoms with Crippen LogP contribution in [0.1, 0.15) is 6.92 Å². The van der Waals surface area contributed by atoms with Crippen LogP contribution >= 0.6 is 0 Å². The molecule has 1 unspecified atom stereocenters. The molecule has 0 aromatic carbocycles. The maximum atomic E-state index is 10.9. The van der Waals surface area contributed by atoms with Crippen LogP contribution in [0.15, 0.2) is 24.5 Å². The van der Waals surface area contributed by atoms with Gasteiger partial charge in [-0.2, -0.15) is 0 Å². The van der Waals surface area contributed by atoms with Gasteiger partial charge in [0, 0.05) is 24.4 Å². The third kappa shape index (κ3) is 3.41. The van der Waals surface area contributed by atoms with Crippen molar-refractivity contribution in [2.75, 3.05) is 12.4 Å². The second-order valence-corrected chi connectivity index (χ2v) is 5.81. The van der Waals surface area contributed by atoms with Gasteiger partial charge in [0.1, 0.15) is 0 Å². The summed E-state index contributed by atoms with van der Waals surface area (Å²) in [5.41, 5.74) is 0.722. The molecule has 0 bridgehead atoms. The van der Waals surface area contributed by atoms with Gasteiger partial charge in [0.25, 0.3) is 0 Å². The summed E-state index contributed by atoms with van der Waals surface area (Å²) in [6.45, 7) is 1.99. The first-order valence-electron chi connectivity index (χ1n) is 5.38. The van der Waals surface area contributed by atoms with Crippen LogP contribution in [0.25, 0.3) is 5.65 Å². The normalized spacial score (nSPS) is 13.7. The largest absolute Gasteiger partial charge is 0.476 e. The van der Waals surface area contributed by atoms with E-state index in [1.54, 1.807) is 36.0 Å². The molecule has 18 heavy (non-hydrogen) atoms. The van der Waals surface area contributed by atoms with Crippen molar-refractivity contribution in [2.24, 2.45) is 11.1 Å². The number of ether oxygens (including phenoxy) is 1. The first-order chi connectivity index (χ1) is 8.44. The molecule has 7 nitrogen and oxygen atoms in total. The molecule has 0 saturated carbocycles. The maximum absolute atomic E-state index is 10.9. The Morgan fingerprint density at radius 2 is 2.28 bits per heavy atom. The SMILES string of the molecule is CC(COc1ccc2nccn2n1)CS(N)(=O)=O. The van der Waals surface area contributed by atoms with Gasteiger partial charge in [-0.15, -0.1) is 5.10 Å². The fourth-order valence-corrected chi connectivity index (χ4v) is 2.44. The van der Waals surface area contributed by atoms with E-state index in [-0.39, 0.29) is 18.3 Å². The van der Waals surface area contributed by atoms with E-state index in [4.69, 9.17) is 9.88 Å². The second kappa shape index (κ2) is 4.91. The van der Waals surface area contributed by atoms with E-state index >= 15 is 0 Å². The Balaban J connectivity index is 1.97. The number of fused-ring (bicyclic) bond motifs is 1. The zero-order chi connectivity index (χ0) is 13.2. The predicted octanol–water partition coefficient (Wildman–Crippen LogP) is 0.0327. The van der Waals surface area contributed by atoms with E-state index in [9.17, 15) is 8.42 Å². The molecule has 0 fully saturated rings. The Bertz CT molecular complexity index is 637. The van der Waals surface area contributed by atoms with E-state index in [1.807, 2.05) is 0 Å². The lowest BCUT2D eigenvalue weighted by atomic mass is 10.2. The summed E-state index contributed by atoms with van der Waals surface area (Å²) in [6.07, 6.45) is 3.34. The molecule has 2 aromatic heterocycles. The Labute approximate surface area is 105 Å². The number of nitrogens with zero attached hydrogens (tertiary/aromatic N) is 3. The summed E-state index contributed by atoms with van der Waals surface area (Å²) in [7, 11) is -3.47. The Hall–Kier alpha value is -1.67. The summed E-state index contributed by atoms with van der Waals surface area (Å²) >= 11 is 0. The van der Waals surface area contributed by atoms with Gasteiger partial charge in [0.15, 0.2) is 5.65 Å². The summed E-state index contributed by atoms with van der Waals surface area (Å²) in [6, 6.07) is 3.46. The van der Waals surface area contributed by atoms with E-state index in [0.29, 0.717) is 5.88 Å². The monoisotopic (exact) mass is 270 g/mol. The molecule has 0 radical (unpaired) electrons. The fourth-order valence-electron chi connectivity index (χ4n) is 1.55. The Kier molecular flexibility index (Phi) is 3.48. The standard InChI is InChI=1S/C10H14N4O3S/c1-8(7-18(11,15)16)6-17-10-3-2-9-12-4-5-14(9)13-10/h2-5,8H,6-7H2,1H3,(H2,11,15,16). The molecule has 0 aliphatic rings. The van der Waals surface area contributed by atoms with Gasteiger partial charge in [-0.1, -0.05) is 6.92 Å². The lowest BCUT2D eigenvalue weighted by Crippen LogP contribution is -2.25. The van der Waals surface area contributed by atoms with Crippen LogP contribution in [0, 0.1) is 5.92 Å². The average molecular weight is 270 g/mol.